The van der Waals surface area contributed by atoms with Gasteiger partial charge in [-0.1, -0.05) is 19.1 Å². The third-order valence-corrected chi connectivity index (χ3v) is 4.85. The molecule has 1 aromatic carbocycles. The fourth-order valence-electron chi connectivity index (χ4n) is 2.43. The number of benzene rings is 1. The average molecular weight is 358 g/mol. The van der Waals surface area contributed by atoms with Crippen LogP contribution in [0.2, 0.25) is 0 Å². The van der Waals surface area contributed by atoms with Gasteiger partial charge in [-0.15, -0.1) is 11.3 Å². The molecule has 130 valence electrons. The van der Waals surface area contributed by atoms with Crippen LogP contribution in [0, 0.1) is 5.82 Å². The van der Waals surface area contributed by atoms with Gasteiger partial charge in [-0.3, -0.25) is 4.79 Å². The van der Waals surface area contributed by atoms with Crippen LogP contribution in [0.15, 0.2) is 41.9 Å². The van der Waals surface area contributed by atoms with Crippen LogP contribution < -0.4 is 5.32 Å². The Bertz CT molecular complexity index is 873. The Hall–Kier alpha value is -2.54. The first-order valence-electron chi connectivity index (χ1n) is 8.10. The van der Waals surface area contributed by atoms with Crippen molar-refractivity contribution in [1.29, 1.82) is 0 Å². The van der Waals surface area contributed by atoms with Crippen molar-refractivity contribution in [3.8, 4) is 10.6 Å². The quantitative estimate of drug-likeness (QED) is 0.715. The van der Waals surface area contributed by atoms with E-state index in [1.807, 2.05) is 12.3 Å². The van der Waals surface area contributed by atoms with Gasteiger partial charge in [0.05, 0.1) is 24.4 Å². The fraction of sp³-hybridized carbons (Fsp3) is 0.278. The summed E-state index contributed by atoms with van der Waals surface area (Å²) in [5, 5.41) is 9.66. The zero-order chi connectivity index (χ0) is 17.8. The molecule has 0 aliphatic heterocycles. The molecule has 0 fully saturated rings. The first kappa shape index (κ1) is 17.3. The molecule has 0 aliphatic rings. The van der Waals surface area contributed by atoms with Gasteiger partial charge in [0.15, 0.2) is 0 Å². The fourth-order valence-corrected chi connectivity index (χ4v) is 3.25. The van der Waals surface area contributed by atoms with Gasteiger partial charge in [-0.05, 0) is 25.5 Å². The van der Waals surface area contributed by atoms with Crippen LogP contribution >= 0.6 is 11.3 Å². The van der Waals surface area contributed by atoms with Crippen molar-refractivity contribution in [3.63, 3.8) is 0 Å². The average Bonchev–Trinajstić information content (AvgIpc) is 3.23. The number of amides is 1. The summed E-state index contributed by atoms with van der Waals surface area (Å²) in [5.74, 6) is 0.228. The summed E-state index contributed by atoms with van der Waals surface area (Å²) in [6.07, 6.45) is 2.76. The van der Waals surface area contributed by atoms with Gasteiger partial charge in [0.1, 0.15) is 16.6 Å². The number of halogens is 1. The van der Waals surface area contributed by atoms with Crippen LogP contribution in [0.3, 0.4) is 0 Å². The molecule has 1 unspecified atom stereocenters. The summed E-state index contributed by atoms with van der Waals surface area (Å²) in [5.41, 5.74) is 1.38. The van der Waals surface area contributed by atoms with E-state index in [2.05, 4.69) is 22.3 Å². The van der Waals surface area contributed by atoms with Crippen LogP contribution in [0.25, 0.3) is 10.6 Å². The van der Waals surface area contributed by atoms with Crippen LogP contribution in [0.1, 0.15) is 32.0 Å². The maximum Gasteiger partial charge on any atom is 0.231 e. The van der Waals surface area contributed by atoms with Gasteiger partial charge >= 0.3 is 0 Å². The van der Waals surface area contributed by atoms with E-state index in [0.29, 0.717) is 22.1 Å². The predicted molar refractivity (Wildman–Crippen MR) is 97.1 cm³/mol. The van der Waals surface area contributed by atoms with Crippen LogP contribution in [-0.2, 0) is 11.2 Å². The number of carbonyl (C=O) groups is 1. The van der Waals surface area contributed by atoms with Crippen molar-refractivity contribution in [1.82, 2.24) is 14.8 Å². The van der Waals surface area contributed by atoms with Crippen molar-refractivity contribution in [2.45, 2.75) is 32.7 Å². The molecule has 0 aliphatic carbocycles. The zero-order valence-corrected chi connectivity index (χ0v) is 14.9. The van der Waals surface area contributed by atoms with E-state index in [4.69, 9.17) is 0 Å². The predicted octanol–water partition coefficient (Wildman–Crippen LogP) is 4.30. The highest BCUT2D eigenvalue weighted by molar-refractivity contribution is 7.13. The van der Waals surface area contributed by atoms with E-state index in [0.717, 1.165) is 6.42 Å². The number of hydrogen-bond acceptors (Lipinski definition) is 4. The molecule has 1 amide bonds. The lowest BCUT2D eigenvalue weighted by atomic mass is 10.2. The van der Waals surface area contributed by atoms with Crippen molar-refractivity contribution in [3.05, 3.63) is 53.4 Å². The molecule has 0 saturated carbocycles. The smallest absolute Gasteiger partial charge is 0.231 e. The Morgan fingerprint density at radius 2 is 2.24 bits per heavy atom. The number of hydrogen-bond donors (Lipinski definition) is 1. The SMILES string of the molecule is CCC(C)n1nccc1NC(=O)Cc1csc(-c2cccc(F)c2)n1. The second-order valence-electron chi connectivity index (χ2n) is 5.80. The molecule has 0 saturated heterocycles. The van der Waals surface area contributed by atoms with Crippen LogP contribution in [-0.4, -0.2) is 20.7 Å². The Labute approximate surface area is 149 Å². The highest BCUT2D eigenvalue weighted by atomic mass is 32.1. The number of nitrogens with zero attached hydrogens (tertiary/aromatic N) is 3. The molecule has 2 heterocycles. The van der Waals surface area contributed by atoms with Crippen molar-refractivity contribution >= 4 is 23.1 Å². The molecule has 25 heavy (non-hydrogen) atoms. The van der Waals surface area contributed by atoms with Crippen molar-refractivity contribution in [2.75, 3.05) is 5.32 Å². The summed E-state index contributed by atoms with van der Waals surface area (Å²) in [6, 6.07) is 8.28. The molecule has 1 atom stereocenters. The van der Waals surface area contributed by atoms with E-state index in [1.54, 1.807) is 29.1 Å². The lowest BCUT2D eigenvalue weighted by Crippen LogP contribution is -2.19. The van der Waals surface area contributed by atoms with Gasteiger partial charge in [-0.25, -0.2) is 14.1 Å². The van der Waals surface area contributed by atoms with Crippen LogP contribution in [0.4, 0.5) is 10.2 Å². The second-order valence-corrected chi connectivity index (χ2v) is 6.66. The summed E-state index contributed by atoms with van der Waals surface area (Å²) in [6.45, 7) is 4.12. The molecular formula is C18H19FN4OS. The number of thiazole rings is 1. The number of anilines is 1. The third-order valence-electron chi connectivity index (χ3n) is 3.91. The lowest BCUT2D eigenvalue weighted by Gasteiger charge is -2.13. The van der Waals surface area contributed by atoms with Crippen molar-refractivity contribution < 1.29 is 9.18 Å². The summed E-state index contributed by atoms with van der Waals surface area (Å²) in [4.78, 5) is 16.7. The lowest BCUT2D eigenvalue weighted by molar-refractivity contribution is -0.115. The molecule has 3 aromatic rings. The molecule has 0 spiro atoms. The molecule has 0 radical (unpaired) electrons. The molecular weight excluding hydrogens is 339 g/mol. The van der Waals surface area contributed by atoms with Gasteiger partial charge in [0, 0.05) is 17.0 Å². The zero-order valence-electron chi connectivity index (χ0n) is 14.1. The first-order chi connectivity index (χ1) is 12.1. The third kappa shape index (κ3) is 4.11. The first-order valence-corrected chi connectivity index (χ1v) is 8.98. The summed E-state index contributed by atoms with van der Waals surface area (Å²) < 4.78 is 15.1. The Morgan fingerprint density at radius 3 is 3.00 bits per heavy atom. The van der Waals surface area contributed by atoms with Crippen molar-refractivity contribution in [2.24, 2.45) is 0 Å². The van der Waals surface area contributed by atoms with Crippen LogP contribution in [0.5, 0.6) is 0 Å². The summed E-state index contributed by atoms with van der Waals surface area (Å²) in [7, 11) is 0. The molecule has 7 heteroatoms. The monoisotopic (exact) mass is 358 g/mol. The summed E-state index contributed by atoms with van der Waals surface area (Å²) >= 11 is 1.40. The molecule has 2 aromatic heterocycles. The standard InChI is InChI=1S/C18H19FN4OS/c1-3-12(2)23-16(7-8-20-23)22-17(24)10-15-11-25-18(21-15)13-5-4-6-14(19)9-13/h4-9,11-12H,3,10H2,1-2H3,(H,22,24). The maximum absolute atomic E-state index is 13.3. The maximum atomic E-state index is 13.3. The number of aromatic nitrogens is 3. The topological polar surface area (TPSA) is 59.8 Å². The Kier molecular flexibility index (Phi) is 5.23. The number of rotatable bonds is 6. The van der Waals surface area contributed by atoms with Gasteiger partial charge < -0.3 is 5.32 Å². The van der Waals surface area contributed by atoms with E-state index in [-0.39, 0.29) is 24.2 Å². The van der Waals surface area contributed by atoms with Gasteiger partial charge in [-0.2, -0.15) is 5.10 Å². The minimum absolute atomic E-state index is 0.152. The van der Waals surface area contributed by atoms with Gasteiger partial charge in [0.2, 0.25) is 5.91 Å². The highest BCUT2D eigenvalue weighted by Crippen LogP contribution is 2.24. The molecule has 3 rings (SSSR count). The highest BCUT2D eigenvalue weighted by Gasteiger charge is 2.13. The molecule has 0 bridgehead atoms. The Balaban J connectivity index is 1.67. The number of nitrogens with one attached hydrogen (secondary N) is 1. The van der Waals surface area contributed by atoms with E-state index >= 15 is 0 Å². The number of carbonyl (C=O) groups excluding carboxylic acids is 1. The Morgan fingerprint density at radius 1 is 1.40 bits per heavy atom. The normalized spacial score (nSPS) is 12.1. The largest absolute Gasteiger partial charge is 0.311 e. The van der Waals surface area contributed by atoms with Gasteiger partial charge in [0.25, 0.3) is 0 Å². The van der Waals surface area contributed by atoms with E-state index < -0.39 is 0 Å². The second kappa shape index (κ2) is 7.57. The molecule has 5 nitrogen and oxygen atoms in total. The van der Waals surface area contributed by atoms with E-state index in [9.17, 15) is 9.18 Å². The van der Waals surface area contributed by atoms with E-state index in [1.165, 1.54) is 23.5 Å². The molecule has 1 N–H and O–H groups in total. The minimum atomic E-state index is -0.301. The minimum Gasteiger partial charge on any atom is -0.311 e.